The molecule has 0 saturated heterocycles. The maximum absolute atomic E-state index is 11.7. The second-order valence-electron chi connectivity index (χ2n) is 1.63. The second-order valence-corrected chi connectivity index (χ2v) is 3.37. The molecule has 0 aromatic carbocycles. The van der Waals surface area contributed by atoms with Crippen molar-refractivity contribution in [3.05, 3.63) is 6.26 Å². The predicted octanol–water partition coefficient (Wildman–Crippen LogP) is 1.35. The van der Waals surface area contributed by atoms with Crippen molar-refractivity contribution in [2.75, 3.05) is 0 Å². The van der Waals surface area contributed by atoms with Crippen molar-refractivity contribution in [1.29, 1.82) is 0 Å². The van der Waals surface area contributed by atoms with Crippen LogP contribution in [0, 0.1) is 6.26 Å². The van der Waals surface area contributed by atoms with Crippen LogP contribution in [0.15, 0.2) is 0 Å². The van der Waals surface area contributed by atoms with Crippen LogP contribution in [-0.4, -0.2) is 19.8 Å². The summed E-state index contributed by atoms with van der Waals surface area (Å²) >= 11 is 0. The van der Waals surface area contributed by atoms with E-state index in [2.05, 4.69) is 0 Å². The summed E-state index contributed by atoms with van der Waals surface area (Å²) in [6, 6.07) is 0. The highest BCUT2D eigenvalue weighted by molar-refractivity contribution is 7.93. The molecule has 0 N–H and O–H groups in total. The van der Waals surface area contributed by atoms with Gasteiger partial charge in [-0.2, -0.15) is 22.0 Å². The van der Waals surface area contributed by atoms with Crippen molar-refractivity contribution in [2.24, 2.45) is 0 Å². The van der Waals surface area contributed by atoms with Crippen LogP contribution in [0.3, 0.4) is 0 Å². The molecule has 0 aliphatic rings. The molecular formula is C3H2F5O2S-. The van der Waals surface area contributed by atoms with Gasteiger partial charge in [-0.1, -0.05) is 0 Å². The average Bonchev–Trinajstić information content (AvgIpc) is 1.58. The van der Waals surface area contributed by atoms with E-state index in [9.17, 15) is 30.4 Å². The highest BCUT2D eigenvalue weighted by atomic mass is 32.2. The van der Waals surface area contributed by atoms with Crippen LogP contribution in [0.1, 0.15) is 0 Å². The Morgan fingerprint density at radius 2 is 1.27 bits per heavy atom. The van der Waals surface area contributed by atoms with Crippen molar-refractivity contribution in [1.82, 2.24) is 0 Å². The Morgan fingerprint density at radius 1 is 1.00 bits per heavy atom. The number of sulfone groups is 1. The third kappa shape index (κ3) is 1.79. The van der Waals surface area contributed by atoms with E-state index in [1.165, 1.54) is 0 Å². The van der Waals surface area contributed by atoms with E-state index in [0.29, 0.717) is 0 Å². The smallest absolute Gasteiger partial charge is 0.256 e. The average molecular weight is 197 g/mol. The van der Waals surface area contributed by atoms with Gasteiger partial charge in [0.15, 0.2) is 0 Å². The van der Waals surface area contributed by atoms with E-state index in [4.69, 9.17) is 0 Å². The zero-order valence-electron chi connectivity index (χ0n) is 4.82. The summed E-state index contributed by atoms with van der Waals surface area (Å²) in [7, 11) is -5.67. The van der Waals surface area contributed by atoms with Crippen LogP contribution in [0.2, 0.25) is 0 Å². The van der Waals surface area contributed by atoms with Crippen LogP contribution in [0.4, 0.5) is 22.0 Å². The van der Waals surface area contributed by atoms with E-state index >= 15 is 0 Å². The van der Waals surface area contributed by atoms with Gasteiger partial charge in [-0.05, 0) is 0 Å². The molecule has 68 valence electrons. The number of rotatable bonds is 1. The van der Waals surface area contributed by atoms with Crippen LogP contribution >= 0.6 is 0 Å². The molecule has 2 nitrogen and oxygen atoms in total. The SMILES string of the molecule is [CH2-]S(=O)(=O)C(F)(F)C(F)(F)F. The minimum atomic E-state index is -6.10. The standard InChI is InChI=1S/C3H2F5O2S/c1-11(9,10)3(7,8)2(4,5)6/h1H2/q-1. The Labute approximate surface area is 58.9 Å². The van der Waals surface area contributed by atoms with Crippen LogP contribution in [0.25, 0.3) is 0 Å². The maximum atomic E-state index is 11.7. The van der Waals surface area contributed by atoms with Crippen molar-refractivity contribution < 1.29 is 30.4 Å². The van der Waals surface area contributed by atoms with E-state index < -0.39 is 21.3 Å². The van der Waals surface area contributed by atoms with Crippen molar-refractivity contribution in [3.8, 4) is 0 Å². The number of hydrogen-bond acceptors (Lipinski definition) is 2. The van der Waals surface area contributed by atoms with Crippen molar-refractivity contribution >= 4 is 9.84 Å². The molecule has 0 aromatic heterocycles. The van der Waals surface area contributed by atoms with Gasteiger partial charge in [0.25, 0.3) is 0 Å². The molecule has 0 atom stereocenters. The highest BCUT2D eigenvalue weighted by Crippen LogP contribution is 2.39. The first-order valence-electron chi connectivity index (χ1n) is 2.02. The predicted molar refractivity (Wildman–Crippen MR) is 25.3 cm³/mol. The van der Waals surface area contributed by atoms with Gasteiger partial charge < -0.3 is 0 Å². The molecule has 0 aliphatic heterocycles. The number of halogens is 5. The summed E-state index contributed by atoms with van der Waals surface area (Å²) < 4.78 is 76.2. The normalized spacial score (nSPS) is 15.1. The largest absolute Gasteiger partial charge is 0.466 e. The molecule has 0 fully saturated rings. The fourth-order valence-corrected chi connectivity index (χ4v) is 0.529. The Hall–Kier alpha value is -0.400. The topological polar surface area (TPSA) is 34.1 Å². The third-order valence-corrected chi connectivity index (χ3v) is 1.73. The van der Waals surface area contributed by atoms with Gasteiger partial charge in [0.2, 0.25) is 0 Å². The van der Waals surface area contributed by atoms with Gasteiger partial charge in [0.1, 0.15) is 0 Å². The zero-order chi connectivity index (χ0) is 9.50. The highest BCUT2D eigenvalue weighted by Gasteiger charge is 2.62. The van der Waals surface area contributed by atoms with Gasteiger partial charge in [-0.3, -0.25) is 8.42 Å². The van der Waals surface area contributed by atoms with E-state index in [0.717, 1.165) is 0 Å². The lowest BCUT2D eigenvalue weighted by Gasteiger charge is -2.20. The molecule has 0 radical (unpaired) electrons. The molecule has 0 rings (SSSR count). The summed E-state index contributed by atoms with van der Waals surface area (Å²) in [4.78, 5) is 0. The number of hydrogen-bond donors (Lipinski definition) is 0. The van der Waals surface area contributed by atoms with Crippen LogP contribution < -0.4 is 0 Å². The van der Waals surface area contributed by atoms with Gasteiger partial charge >= 0.3 is 11.4 Å². The molecule has 8 heteroatoms. The lowest BCUT2D eigenvalue weighted by molar-refractivity contribution is -0.240. The lowest BCUT2D eigenvalue weighted by Crippen LogP contribution is -2.42. The Balaban J connectivity index is 5.08. The summed E-state index contributed by atoms with van der Waals surface area (Å²) in [5, 5.41) is -5.76. The summed E-state index contributed by atoms with van der Waals surface area (Å²) in [6.07, 6.45) is -4.39. The van der Waals surface area contributed by atoms with Crippen LogP contribution in [0.5, 0.6) is 0 Å². The van der Waals surface area contributed by atoms with Gasteiger partial charge in [-0.15, -0.1) is 0 Å². The van der Waals surface area contributed by atoms with E-state index in [1.807, 2.05) is 0 Å². The maximum Gasteiger partial charge on any atom is 0.466 e. The Kier molecular flexibility index (Phi) is 2.21. The first-order chi connectivity index (χ1) is 4.50. The molecule has 0 bridgehead atoms. The van der Waals surface area contributed by atoms with Crippen molar-refractivity contribution in [2.45, 2.75) is 11.4 Å². The third-order valence-electron chi connectivity index (χ3n) is 0.721. The first-order valence-corrected chi connectivity index (χ1v) is 3.67. The minimum absolute atomic E-state index is 1.71. The fourth-order valence-electron chi connectivity index (χ4n) is 0.176. The first kappa shape index (κ1) is 10.6. The monoisotopic (exact) mass is 197 g/mol. The zero-order valence-corrected chi connectivity index (χ0v) is 5.64. The van der Waals surface area contributed by atoms with E-state index in [-0.39, 0.29) is 0 Å². The van der Waals surface area contributed by atoms with E-state index in [1.54, 1.807) is 6.26 Å². The molecule has 0 saturated carbocycles. The molecule has 0 spiro atoms. The van der Waals surface area contributed by atoms with Gasteiger partial charge in [0.05, 0.1) is 9.84 Å². The quantitative estimate of drug-likeness (QED) is 0.469. The van der Waals surface area contributed by atoms with Crippen molar-refractivity contribution in [3.63, 3.8) is 0 Å². The molecule has 0 amide bonds. The van der Waals surface area contributed by atoms with Gasteiger partial charge in [0, 0.05) is 0 Å². The molecular weight excluding hydrogens is 195 g/mol. The summed E-state index contributed by atoms with van der Waals surface area (Å²) in [6.45, 7) is 0. The minimum Gasteiger partial charge on any atom is -0.256 e. The summed E-state index contributed by atoms with van der Waals surface area (Å²) in [5.74, 6) is 0. The Bertz CT molecular complexity index is 237. The van der Waals surface area contributed by atoms with Gasteiger partial charge in [-0.25, -0.2) is 6.26 Å². The van der Waals surface area contributed by atoms with Crippen LogP contribution in [-0.2, 0) is 9.84 Å². The lowest BCUT2D eigenvalue weighted by atomic mass is 10.7. The second kappa shape index (κ2) is 2.29. The fraction of sp³-hybridized carbons (Fsp3) is 0.667. The number of alkyl halides is 5. The molecule has 0 aliphatic carbocycles. The molecule has 0 unspecified atom stereocenters. The molecule has 11 heavy (non-hydrogen) atoms. The molecule has 0 aromatic rings. The molecule has 0 heterocycles. The summed E-state index contributed by atoms with van der Waals surface area (Å²) in [5.41, 5.74) is 0. The Morgan fingerprint density at radius 3 is 1.27 bits per heavy atom.